The van der Waals surface area contributed by atoms with Crippen LogP contribution in [0.1, 0.15) is 29.6 Å². The van der Waals surface area contributed by atoms with Gasteiger partial charge >= 0.3 is 0 Å². The first-order valence-electron chi connectivity index (χ1n) is 9.48. The van der Waals surface area contributed by atoms with Crippen LogP contribution in [0.2, 0.25) is 0 Å². The summed E-state index contributed by atoms with van der Waals surface area (Å²) in [6, 6.07) is 12.3. The Bertz CT molecular complexity index is 944. The largest absolute Gasteiger partial charge is 0.508 e. The second kappa shape index (κ2) is 7.80. The highest BCUT2D eigenvalue weighted by molar-refractivity contribution is 6.12. The quantitative estimate of drug-likeness (QED) is 0.702. The monoisotopic (exact) mass is 364 g/mol. The van der Waals surface area contributed by atoms with Gasteiger partial charge in [0, 0.05) is 24.4 Å². The maximum absolute atomic E-state index is 12.7. The van der Waals surface area contributed by atoms with Crippen molar-refractivity contribution in [2.45, 2.75) is 25.8 Å². The Labute approximate surface area is 158 Å². The van der Waals surface area contributed by atoms with Crippen LogP contribution in [0, 0.1) is 0 Å². The summed E-state index contributed by atoms with van der Waals surface area (Å²) in [5.74, 6) is 0.540. The Balaban J connectivity index is 1.39. The minimum atomic E-state index is -0.200. The van der Waals surface area contributed by atoms with E-state index in [1.807, 2.05) is 29.1 Å². The lowest BCUT2D eigenvalue weighted by molar-refractivity contribution is 0.102. The predicted octanol–water partition coefficient (Wildman–Crippen LogP) is 3.48. The molecular weight excluding hydrogens is 340 g/mol. The summed E-state index contributed by atoms with van der Waals surface area (Å²) in [6.07, 6.45) is 5.58. The van der Waals surface area contributed by atoms with Crippen LogP contribution in [0.3, 0.4) is 0 Å². The maximum atomic E-state index is 12.7. The summed E-state index contributed by atoms with van der Waals surface area (Å²) >= 11 is 0. The fourth-order valence-corrected chi connectivity index (χ4v) is 3.67. The summed E-state index contributed by atoms with van der Waals surface area (Å²) in [5.41, 5.74) is 0.566. The van der Waals surface area contributed by atoms with Gasteiger partial charge in [0.15, 0.2) is 5.82 Å². The number of aryl methyl sites for hydroxylation is 1. The molecule has 1 aromatic heterocycles. The lowest BCUT2D eigenvalue weighted by Crippen LogP contribution is -2.21. The number of hydrogen-bond donors (Lipinski definition) is 2. The number of rotatable bonds is 6. The molecular formula is C21H24N4O2. The van der Waals surface area contributed by atoms with Crippen molar-refractivity contribution in [1.29, 1.82) is 0 Å². The molecule has 6 nitrogen and oxygen atoms in total. The Morgan fingerprint density at radius 2 is 1.96 bits per heavy atom. The van der Waals surface area contributed by atoms with Crippen molar-refractivity contribution < 1.29 is 9.90 Å². The molecule has 140 valence electrons. The summed E-state index contributed by atoms with van der Waals surface area (Å²) in [6.45, 7) is 4.37. The summed E-state index contributed by atoms with van der Waals surface area (Å²) in [7, 11) is 0. The number of nitrogens with one attached hydrogen (secondary N) is 1. The fourth-order valence-electron chi connectivity index (χ4n) is 3.67. The molecule has 1 saturated heterocycles. The molecule has 4 rings (SSSR count). The Morgan fingerprint density at radius 1 is 1.11 bits per heavy atom. The van der Waals surface area contributed by atoms with Gasteiger partial charge in [-0.15, -0.1) is 0 Å². The minimum Gasteiger partial charge on any atom is -0.508 e. The van der Waals surface area contributed by atoms with Crippen molar-refractivity contribution in [3.8, 4) is 5.75 Å². The van der Waals surface area contributed by atoms with Crippen LogP contribution in [-0.2, 0) is 6.54 Å². The second-order valence-electron chi connectivity index (χ2n) is 7.03. The van der Waals surface area contributed by atoms with Crippen LogP contribution in [0.15, 0.2) is 48.7 Å². The van der Waals surface area contributed by atoms with Crippen LogP contribution in [0.4, 0.5) is 5.82 Å². The average molecular weight is 364 g/mol. The average Bonchev–Trinajstić information content (AvgIpc) is 3.33. The van der Waals surface area contributed by atoms with Crippen molar-refractivity contribution in [2.24, 2.45) is 0 Å². The molecule has 1 amide bonds. The number of anilines is 1. The van der Waals surface area contributed by atoms with E-state index in [4.69, 9.17) is 0 Å². The Morgan fingerprint density at radius 3 is 2.81 bits per heavy atom. The number of aromatic hydroxyl groups is 1. The van der Waals surface area contributed by atoms with Gasteiger partial charge in [0.05, 0.1) is 0 Å². The molecule has 0 atom stereocenters. The van der Waals surface area contributed by atoms with Crippen molar-refractivity contribution >= 4 is 22.5 Å². The summed E-state index contributed by atoms with van der Waals surface area (Å²) in [4.78, 5) is 15.2. The highest BCUT2D eigenvalue weighted by Crippen LogP contribution is 2.23. The van der Waals surface area contributed by atoms with Gasteiger partial charge in [0.25, 0.3) is 5.91 Å². The van der Waals surface area contributed by atoms with Gasteiger partial charge in [-0.05, 0) is 73.9 Å². The Kier molecular flexibility index (Phi) is 5.07. The van der Waals surface area contributed by atoms with Crippen molar-refractivity contribution in [3.05, 3.63) is 54.2 Å². The van der Waals surface area contributed by atoms with Gasteiger partial charge in [-0.1, -0.05) is 12.1 Å². The van der Waals surface area contributed by atoms with E-state index in [9.17, 15) is 9.90 Å². The van der Waals surface area contributed by atoms with E-state index >= 15 is 0 Å². The van der Waals surface area contributed by atoms with Gasteiger partial charge in [-0.2, -0.15) is 5.10 Å². The molecule has 2 aromatic carbocycles. The molecule has 0 saturated carbocycles. The van der Waals surface area contributed by atoms with Crippen molar-refractivity contribution in [3.63, 3.8) is 0 Å². The fraction of sp³-hybridized carbons (Fsp3) is 0.333. The number of likely N-dealkylation sites (tertiary alicyclic amines) is 1. The van der Waals surface area contributed by atoms with Crippen LogP contribution in [0.25, 0.3) is 10.8 Å². The molecule has 0 aliphatic carbocycles. The lowest BCUT2D eigenvalue weighted by Gasteiger charge is -2.13. The third-order valence-corrected chi connectivity index (χ3v) is 5.05. The van der Waals surface area contributed by atoms with E-state index in [0.717, 1.165) is 30.3 Å². The molecule has 0 spiro atoms. The third-order valence-electron chi connectivity index (χ3n) is 5.05. The van der Waals surface area contributed by atoms with E-state index in [-0.39, 0.29) is 11.7 Å². The molecule has 0 radical (unpaired) electrons. The molecule has 6 heteroatoms. The molecule has 2 heterocycles. The molecule has 0 bridgehead atoms. The molecule has 3 aromatic rings. The summed E-state index contributed by atoms with van der Waals surface area (Å²) < 4.78 is 1.88. The number of aromatic nitrogens is 2. The number of hydrogen-bond acceptors (Lipinski definition) is 4. The summed E-state index contributed by atoms with van der Waals surface area (Å²) in [5, 5.41) is 18.6. The van der Waals surface area contributed by atoms with Crippen LogP contribution < -0.4 is 5.32 Å². The van der Waals surface area contributed by atoms with Gasteiger partial charge in [0.2, 0.25) is 0 Å². The van der Waals surface area contributed by atoms with E-state index in [1.54, 1.807) is 24.3 Å². The standard InChI is InChI=1S/C21H24N4O2/c26-17-7-8-18-16(15-17)5-3-6-19(18)21(27)22-20-9-14-25(23-20)13-4-12-24-10-1-2-11-24/h3,5-9,14-15,26H,1-2,4,10-13H2,(H,22,23,27). The second-order valence-corrected chi connectivity index (χ2v) is 7.03. The Hall–Kier alpha value is -2.86. The first-order chi connectivity index (χ1) is 13.2. The van der Waals surface area contributed by atoms with Gasteiger partial charge in [0.1, 0.15) is 5.75 Å². The number of phenols is 1. The normalized spacial score (nSPS) is 14.7. The molecule has 0 unspecified atom stereocenters. The topological polar surface area (TPSA) is 70.4 Å². The first-order valence-corrected chi connectivity index (χ1v) is 9.48. The molecule has 2 N–H and O–H groups in total. The van der Waals surface area contributed by atoms with Crippen LogP contribution in [0.5, 0.6) is 5.75 Å². The zero-order valence-electron chi connectivity index (χ0n) is 15.3. The SMILES string of the molecule is O=C(Nc1ccn(CCCN2CCCC2)n1)c1cccc2cc(O)ccc12. The highest BCUT2D eigenvalue weighted by atomic mass is 16.3. The highest BCUT2D eigenvalue weighted by Gasteiger charge is 2.13. The predicted molar refractivity (Wildman–Crippen MR) is 106 cm³/mol. The molecule has 1 fully saturated rings. The third kappa shape index (κ3) is 4.11. The smallest absolute Gasteiger partial charge is 0.257 e. The van der Waals surface area contributed by atoms with Gasteiger partial charge < -0.3 is 15.3 Å². The lowest BCUT2D eigenvalue weighted by atomic mass is 10.0. The molecule has 27 heavy (non-hydrogen) atoms. The maximum Gasteiger partial charge on any atom is 0.257 e. The van der Waals surface area contributed by atoms with Crippen LogP contribution >= 0.6 is 0 Å². The van der Waals surface area contributed by atoms with E-state index in [1.165, 1.54) is 25.9 Å². The number of amides is 1. The molecule has 1 aliphatic rings. The zero-order chi connectivity index (χ0) is 18.6. The van der Waals surface area contributed by atoms with E-state index in [2.05, 4.69) is 15.3 Å². The van der Waals surface area contributed by atoms with Gasteiger partial charge in [-0.25, -0.2) is 0 Å². The minimum absolute atomic E-state index is 0.188. The number of benzene rings is 2. The zero-order valence-corrected chi connectivity index (χ0v) is 15.3. The number of nitrogens with zero attached hydrogens (tertiary/aromatic N) is 3. The molecule has 1 aliphatic heterocycles. The van der Waals surface area contributed by atoms with E-state index < -0.39 is 0 Å². The van der Waals surface area contributed by atoms with Crippen molar-refractivity contribution in [2.75, 3.05) is 25.0 Å². The number of phenolic OH excluding ortho intramolecular Hbond substituents is 1. The number of fused-ring (bicyclic) bond motifs is 1. The van der Waals surface area contributed by atoms with Gasteiger partial charge in [-0.3, -0.25) is 9.48 Å². The number of carbonyl (C=O) groups is 1. The van der Waals surface area contributed by atoms with Crippen molar-refractivity contribution in [1.82, 2.24) is 14.7 Å². The number of carbonyl (C=O) groups excluding carboxylic acids is 1. The van der Waals surface area contributed by atoms with Crippen LogP contribution in [-0.4, -0.2) is 45.3 Å². The first kappa shape index (κ1) is 17.5. The van der Waals surface area contributed by atoms with E-state index in [0.29, 0.717) is 11.4 Å².